The molecule has 1 aliphatic rings. The minimum absolute atomic E-state index is 0.0612. The zero-order valence-electron chi connectivity index (χ0n) is 17.9. The van der Waals surface area contributed by atoms with E-state index in [2.05, 4.69) is 10.6 Å². The lowest BCUT2D eigenvalue weighted by atomic mass is 10.1. The van der Waals surface area contributed by atoms with Gasteiger partial charge in [-0.05, 0) is 62.4 Å². The molecule has 1 aliphatic heterocycles. The number of hydrogen-bond donors (Lipinski definition) is 2. The summed E-state index contributed by atoms with van der Waals surface area (Å²) in [5.74, 6) is 0.183. The van der Waals surface area contributed by atoms with Crippen molar-refractivity contribution in [3.63, 3.8) is 0 Å². The first kappa shape index (κ1) is 21.8. The maximum atomic E-state index is 12.9. The van der Waals surface area contributed by atoms with Crippen molar-refractivity contribution >= 4 is 17.5 Å². The summed E-state index contributed by atoms with van der Waals surface area (Å²) in [5.41, 5.74) is 3.01. The highest BCUT2D eigenvalue weighted by Crippen LogP contribution is 2.23. The summed E-state index contributed by atoms with van der Waals surface area (Å²) >= 11 is 0. The molecular weight excluding hydrogens is 380 g/mol. The van der Waals surface area contributed by atoms with E-state index in [-0.39, 0.29) is 17.9 Å². The van der Waals surface area contributed by atoms with Crippen LogP contribution in [0.2, 0.25) is 0 Å². The Kier molecular flexibility index (Phi) is 7.46. The van der Waals surface area contributed by atoms with Crippen molar-refractivity contribution < 1.29 is 19.1 Å². The number of para-hydroxylation sites is 1. The molecule has 0 bridgehead atoms. The Morgan fingerprint density at radius 2 is 1.97 bits per heavy atom. The molecule has 2 atom stereocenters. The van der Waals surface area contributed by atoms with Crippen molar-refractivity contribution in [2.75, 3.05) is 18.5 Å². The summed E-state index contributed by atoms with van der Waals surface area (Å²) < 4.78 is 11.5. The Labute approximate surface area is 178 Å². The number of aryl methyl sites for hydroxylation is 1. The van der Waals surface area contributed by atoms with Gasteiger partial charge in [0, 0.05) is 13.2 Å². The lowest BCUT2D eigenvalue weighted by Crippen LogP contribution is -2.35. The van der Waals surface area contributed by atoms with Gasteiger partial charge in [-0.3, -0.25) is 9.59 Å². The van der Waals surface area contributed by atoms with E-state index < -0.39 is 6.10 Å². The molecule has 2 amide bonds. The van der Waals surface area contributed by atoms with Gasteiger partial charge >= 0.3 is 0 Å². The molecule has 160 valence electrons. The maximum Gasteiger partial charge on any atom is 0.265 e. The molecule has 6 heteroatoms. The minimum Gasteiger partial charge on any atom is -0.480 e. The van der Waals surface area contributed by atoms with Crippen molar-refractivity contribution in [3.8, 4) is 5.75 Å². The third-order valence-corrected chi connectivity index (χ3v) is 5.43. The van der Waals surface area contributed by atoms with E-state index in [1.165, 1.54) is 0 Å². The van der Waals surface area contributed by atoms with Crippen LogP contribution in [0, 0.1) is 13.8 Å². The van der Waals surface area contributed by atoms with E-state index in [4.69, 9.17) is 9.47 Å². The molecular formula is C24H30N2O4. The number of amides is 2. The van der Waals surface area contributed by atoms with Gasteiger partial charge in [0.05, 0.1) is 17.4 Å². The van der Waals surface area contributed by atoms with Crippen molar-refractivity contribution in [2.45, 2.75) is 52.2 Å². The number of carbonyl (C=O) groups is 2. The smallest absolute Gasteiger partial charge is 0.265 e. The van der Waals surface area contributed by atoms with Crippen molar-refractivity contribution in [3.05, 3.63) is 59.2 Å². The highest BCUT2D eigenvalue weighted by atomic mass is 16.5. The molecule has 2 N–H and O–H groups in total. The van der Waals surface area contributed by atoms with Crippen LogP contribution in [-0.2, 0) is 9.53 Å². The molecule has 0 aliphatic carbocycles. The quantitative estimate of drug-likeness (QED) is 0.689. The SMILES string of the molecule is CC[C@H](Oc1cccc(C)c1C)C(=O)Nc1ccccc1C(=O)NC[C@@H]1CCCO1. The predicted octanol–water partition coefficient (Wildman–Crippen LogP) is 4.01. The Hall–Kier alpha value is -2.86. The minimum atomic E-state index is -0.659. The van der Waals surface area contributed by atoms with Gasteiger partial charge < -0.3 is 20.1 Å². The number of hydrogen-bond acceptors (Lipinski definition) is 4. The standard InChI is InChI=1S/C24H30N2O4/c1-4-21(30-22-13-7-9-16(2)17(22)3)24(28)26-20-12-6-5-11-19(20)23(27)25-15-18-10-8-14-29-18/h5-7,9,11-13,18,21H,4,8,10,14-15H2,1-3H3,(H,25,27)(H,26,28)/t18-,21-/m0/s1. The van der Waals surface area contributed by atoms with E-state index in [0.717, 1.165) is 30.6 Å². The number of ether oxygens (including phenoxy) is 2. The molecule has 1 fully saturated rings. The molecule has 1 saturated heterocycles. The van der Waals surface area contributed by atoms with Crippen molar-refractivity contribution in [2.24, 2.45) is 0 Å². The highest BCUT2D eigenvalue weighted by Gasteiger charge is 2.22. The van der Waals surface area contributed by atoms with Crippen molar-refractivity contribution in [1.29, 1.82) is 0 Å². The fraction of sp³-hybridized carbons (Fsp3) is 0.417. The lowest BCUT2D eigenvalue weighted by molar-refractivity contribution is -0.122. The highest BCUT2D eigenvalue weighted by molar-refractivity contribution is 6.04. The Morgan fingerprint density at radius 1 is 1.17 bits per heavy atom. The average Bonchev–Trinajstić information content (AvgIpc) is 3.27. The van der Waals surface area contributed by atoms with Crippen LogP contribution in [0.5, 0.6) is 5.75 Å². The molecule has 0 spiro atoms. The van der Waals surface area contributed by atoms with Gasteiger partial charge in [-0.1, -0.05) is 31.2 Å². The second-order valence-corrected chi connectivity index (χ2v) is 7.59. The Bertz CT molecular complexity index is 891. The fourth-order valence-electron chi connectivity index (χ4n) is 3.44. The second-order valence-electron chi connectivity index (χ2n) is 7.59. The first-order chi connectivity index (χ1) is 14.5. The molecule has 0 unspecified atom stereocenters. The summed E-state index contributed by atoms with van der Waals surface area (Å²) in [6, 6.07) is 12.8. The van der Waals surface area contributed by atoms with Crippen LogP contribution in [-0.4, -0.2) is 37.2 Å². The van der Waals surface area contributed by atoms with Gasteiger partial charge in [-0.15, -0.1) is 0 Å². The topological polar surface area (TPSA) is 76.7 Å². The van der Waals surface area contributed by atoms with Gasteiger partial charge in [0.15, 0.2) is 6.10 Å². The van der Waals surface area contributed by atoms with E-state index in [9.17, 15) is 9.59 Å². The van der Waals surface area contributed by atoms with Gasteiger partial charge in [0.2, 0.25) is 0 Å². The first-order valence-corrected chi connectivity index (χ1v) is 10.5. The summed E-state index contributed by atoms with van der Waals surface area (Å²) in [7, 11) is 0. The van der Waals surface area contributed by atoms with Crippen LogP contribution in [0.1, 0.15) is 47.7 Å². The molecule has 2 aromatic carbocycles. The normalized spacial score (nSPS) is 16.7. The summed E-state index contributed by atoms with van der Waals surface area (Å²) in [6.07, 6.45) is 1.88. The van der Waals surface area contributed by atoms with Gasteiger partial charge in [-0.25, -0.2) is 0 Å². The number of nitrogens with one attached hydrogen (secondary N) is 2. The van der Waals surface area contributed by atoms with E-state index in [1.807, 2.05) is 39.0 Å². The van der Waals surface area contributed by atoms with E-state index in [1.54, 1.807) is 24.3 Å². The zero-order valence-corrected chi connectivity index (χ0v) is 17.9. The number of rotatable bonds is 8. The maximum absolute atomic E-state index is 12.9. The number of carbonyl (C=O) groups excluding carboxylic acids is 2. The van der Waals surface area contributed by atoms with Gasteiger partial charge in [0.25, 0.3) is 11.8 Å². The molecule has 30 heavy (non-hydrogen) atoms. The van der Waals surface area contributed by atoms with Crippen LogP contribution in [0.25, 0.3) is 0 Å². The van der Waals surface area contributed by atoms with Crippen LogP contribution in [0.15, 0.2) is 42.5 Å². The van der Waals surface area contributed by atoms with Crippen LogP contribution in [0.4, 0.5) is 5.69 Å². The Morgan fingerprint density at radius 3 is 2.70 bits per heavy atom. The molecule has 6 nitrogen and oxygen atoms in total. The zero-order chi connectivity index (χ0) is 21.5. The van der Waals surface area contributed by atoms with Crippen LogP contribution >= 0.6 is 0 Å². The molecule has 0 aromatic heterocycles. The van der Waals surface area contributed by atoms with Gasteiger partial charge in [-0.2, -0.15) is 0 Å². The second kappa shape index (κ2) is 10.3. The van der Waals surface area contributed by atoms with Gasteiger partial charge in [0.1, 0.15) is 5.75 Å². The Balaban J connectivity index is 1.67. The third kappa shape index (κ3) is 5.39. The molecule has 3 rings (SSSR count). The van der Waals surface area contributed by atoms with E-state index >= 15 is 0 Å². The third-order valence-electron chi connectivity index (χ3n) is 5.43. The van der Waals surface area contributed by atoms with Crippen molar-refractivity contribution in [1.82, 2.24) is 5.32 Å². The predicted molar refractivity (Wildman–Crippen MR) is 117 cm³/mol. The average molecular weight is 411 g/mol. The summed E-state index contributed by atoms with van der Waals surface area (Å²) in [5, 5.41) is 5.77. The summed E-state index contributed by atoms with van der Waals surface area (Å²) in [4.78, 5) is 25.6. The lowest BCUT2D eigenvalue weighted by Gasteiger charge is -2.20. The molecule has 1 heterocycles. The number of anilines is 1. The molecule has 2 aromatic rings. The summed E-state index contributed by atoms with van der Waals surface area (Å²) in [6.45, 7) is 7.09. The fourth-order valence-corrected chi connectivity index (χ4v) is 3.44. The van der Waals surface area contributed by atoms with Crippen LogP contribution < -0.4 is 15.4 Å². The molecule has 0 saturated carbocycles. The molecule has 0 radical (unpaired) electrons. The van der Waals surface area contributed by atoms with E-state index in [0.29, 0.717) is 30.0 Å². The number of benzene rings is 2. The monoisotopic (exact) mass is 410 g/mol. The first-order valence-electron chi connectivity index (χ1n) is 10.5. The van der Waals surface area contributed by atoms with Crippen LogP contribution in [0.3, 0.4) is 0 Å². The largest absolute Gasteiger partial charge is 0.480 e.